The third-order valence-electron chi connectivity index (χ3n) is 4.15. The van der Waals surface area contributed by atoms with Gasteiger partial charge in [-0.3, -0.25) is 9.69 Å². The Kier molecular flexibility index (Phi) is 4.63. The van der Waals surface area contributed by atoms with Gasteiger partial charge in [0.15, 0.2) is 5.82 Å². The van der Waals surface area contributed by atoms with Gasteiger partial charge in [-0.2, -0.15) is 4.98 Å². The van der Waals surface area contributed by atoms with Crippen molar-refractivity contribution in [1.82, 2.24) is 19.9 Å². The van der Waals surface area contributed by atoms with Crippen LogP contribution in [0, 0.1) is 6.92 Å². The molecule has 0 N–H and O–H groups in total. The number of halogens is 1. The van der Waals surface area contributed by atoms with E-state index in [0.717, 1.165) is 13.1 Å². The average Bonchev–Trinajstić information content (AvgIpc) is 3.01. The second-order valence-corrected chi connectivity index (χ2v) is 6.07. The Morgan fingerprint density at radius 1 is 1.26 bits per heavy atom. The van der Waals surface area contributed by atoms with Crippen molar-refractivity contribution in [2.24, 2.45) is 0 Å². The molecule has 1 aliphatic rings. The minimum Gasteiger partial charge on any atom is -0.338 e. The molecular formula is C16H19ClN4O2. The minimum absolute atomic E-state index is 0.0171. The lowest BCUT2D eigenvalue weighted by Crippen LogP contribution is -2.49. The zero-order chi connectivity index (χ0) is 16.4. The molecule has 1 aromatic heterocycles. The van der Waals surface area contributed by atoms with Crippen LogP contribution in [0.4, 0.5) is 0 Å². The molecule has 7 heteroatoms. The van der Waals surface area contributed by atoms with Crippen LogP contribution in [0.15, 0.2) is 28.8 Å². The normalized spacial score (nSPS) is 17.3. The molecule has 0 saturated carbocycles. The Balaban J connectivity index is 1.62. The van der Waals surface area contributed by atoms with E-state index in [-0.39, 0.29) is 11.9 Å². The largest absolute Gasteiger partial charge is 0.338 e. The third kappa shape index (κ3) is 3.38. The lowest BCUT2D eigenvalue weighted by atomic mass is 10.1. The van der Waals surface area contributed by atoms with Gasteiger partial charge in [0.05, 0.1) is 16.6 Å². The Morgan fingerprint density at radius 3 is 2.57 bits per heavy atom. The van der Waals surface area contributed by atoms with Gasteiger partial charge in [-0.1, -0.05) is 28.9 Å². The molecule has 1 aliphatic heterocycles. The fraction of sp³-hybridized carbons (Fsp3) is 0.438. The average molecular weight is 335 g/mol. The van der Waals surface area contributed by atoms with E-state index in [1.165, 1.54) is 0 Å². The summed E-state index contributed by atoms with van der Waals surface area (Å²) >= 11 is 6.11. The summed E-state index contributed by atoms with van der Waals surface area (Å²) in [6, 6.07) is 7.21. The highest BCUT2D eigenvalue weighted by molar-refractivity contribution is 6.33. The van der Waals surface area contributed by atoms with Crippen LogP contribution in [0.2, 0.25) is 5.02 Å². The van der Waals surface area contributed by atoms with Gasteiger partial charge in [0, 0.05) is 26.2 Å². The first-order valence-electron chi connectivity index (χ1n) is 7.64. The molecule has 0 spiro atoms. The molecule has 23 heavy (non-hydrogen) atoms. The Labute approximate surface area is 140 Å². The third-order valence-corrected chi connectivity index (χ3v) is 4.48. The van der Waals surface area contributed by atoms with Crippen molar-refractivity contribution in [3.05, 3.63) is 46.6 Å². The van der Waals surface area contributed by atoms with Gasteiger partial charge >= 0.3 is 0 Å². The van der Waals surface area contributed by atoms with Crippen molar-refractivity contribution in [2.75, 3.05) is 26.2 Å². The fourth-order valence-electron chi connectivity index (χ4n) is 2.76. The molecule has 1 fully saturated rings. The van der Waals surface area contributed by atoms with E-state index < -0.39 is 0 Å². The van der Waals surface area contributed by atoms with E-state index >= 15 is 0 Å². The molecule has 1 saturated heterocycles. The standard InChI is InChI=1S/C16H19ClN4O2/c1-11(15-18-12(2)19-23-15)20-7-9-21(10-8-20)16(22)13-5-3-4-6-14(13)17/h3-6,11H,7-10H2,1-2H3/t11-/m1/s1. The maximum Gasteiger partial charge on any atom is 0.255 e. The van der Waals surface area contributed by atoms with Gasteiger partial charge < -0.3 is 9.42 Å². The Bertz CT molecular complexity index is 695. The Hall–Kier alpha value is -1.92. The zero-order valence-electron chi connectivity index (χ0n) is 13.2. The number of aromatic nitrogens is 2. The number of hydrogen-bond acceptors (Lipinski definition) is 5. The zero-order valence-corrected chi connectivity index (χ0v) is 14.0. The molecule has 3 rings (SSSR count). The van der Waals surface area contributed by atoms with Crippen molar-refractivity contribution in [2.45, 2.75) is 19.9 Å². The Morgan fingerprint density at radius 2 is 1.96 bits per heavy atom. The molecule has 0 bridgehead atoms. The lowest BCUT2D eigenvalue weighted by Gasteiger charge is -2.36. The van der Waals surface area contributed by atoms with E-state index in [4.69, 9.17) is 16.1 Å². The van der Waals surface area contributed by atoms with Crippen LogP contribution < -0.4 is 0 Å². The van der Waals surface area contributed by atoms with Gasteiger partial charge in [0.1, 0.15) is 0 Å². The molecule has 1 amide bonds. The molecule has 0 radical (unpaired) electrons. The number of aryl methyl sites for hydroxylation is 1. The molecular weight excluding hydrogens is 316 g/mol. The molecule has 1 aromatic carbocycles. The van der Waals surface area contributed by atoms with Crippen molar-refractivity contribution >= 4 is 17.5 Å². The molecule has 1 atom stereocenters. The van der Waals surface area contributed by atoms with Gasteiger partial charge in [0.25, 0.3) is 5.91 Å². The van der Waals surface area contributed by atoms with Crippen LogP contribution in [0.5, 0.6) is 0 Å². The van der Waals surface area contributed by atoms with E-state index in [2.05, 4.69) is 15.0 Å². The second kappa shape index (κ2) is 6.68. The first-order valence-corrected chi connectivity index (χ1v) is 8.02. The van der Waals surface area contributed by atoms with Gasteiger partial charge in [0.2, 0.25) is 5.89 Å². The summed E-state index contributed by atoms with van der Waals surface area (Å²) in [6.45, 7) is 6.68. The van der Waals surface area contributed by atoms with Crippen LogP contribution in [0.3, 0.4) is 0 Å². The van der Waals surface area contributed by atoms with Crippen molar-refractivity contribution in [3.63, 3.8) is 0 Å². The number of amides is 1. The topological polar surface area (TPSA) is 62.5 Å². The van der Waals surface area contributed by atoms with Gasteiger partial charge in [-0.15, -0.1) is 0 Å². The summed E-state index contributed by atoms with van der Waals surface area (Å²) in [5.74, 6) is 1.24. The summed E-state index contributed by atoms with van der Waals surface area (Å²) in [5, 5.41) is 4.33. The molecule has 0 unspecified atom stereocenters. The van der Waals surface area contributed by atoms with Crippen LogP contribution in [-0.4, -0.2) is 52.0 Å². The van der Waals surface area contributed by atoms with Crippen molar-refractivity contribution < 1.29 is 9.32 Å². The summed E-state index contributed by atoms with van der Waals surface area (Å²) < 4.78 is 5.24. The number of carbonyl (C=O) groups is 1. The summed E-state index contributed by atoms with van der Waals surface area (Å²) in [7, 11) is 0. The number of nitrogens with zero attached hydrogens (tertiary/aromatic N) is 4. The van der Waals surface area contributed by atoms with E-state index in [0.29, 0.717) is 35.4 Å². The van der Waals surface area contributed by atoms with Crippen LogP contribution in [-0.2, 0) is 0 Å². The number of piperazine rings is 1. The van der Waals surface area contributed by atoms with E-state index in [1.54, 1.807) is 19.1 Å². The molecule has 2 heterocycles. The quantitative estimate of drug-likeness (QED) is 0.863. The van der Waals surface area contributed by atoms with E-state index in [9.17, 15) is 4.79 Å². The SMILES string of the molecule is Cc1noc([C@@H](C)N2CCN(C(=O)c3ccccc3Cl)CC2)n1. The number of rotatable bonds is 3. The number of hydrogen-bond donors (Lipinski definition) is 0. The highest BCUT2D eigenvalue weighted by Gasteiger charge is 2.28. The maximum absolute atomic E-state index is 12.6. The predicted octanol–water partition coefficient (Wildman–Crippen LogP) is 2.55. The highest BCUT2D eigenvalue weighted by atomic mass is 35.5. The first kappa shape index (κ1) is 16.0. The summed E-state index contributed by atoms with van der Waals surface area (Å²) in [6.07, 6.45) is 0. The first-order chi connectivity index (χ1) is 11.1. The van der Waals surface area contributed by atoms with Crippen molar-refractivity contribution in [1.29, 1.82) is 0 Å². The number of carbonyl (C=O) groups excluding carboxylic acids is 1. The summed E-state index contributed by atoms with van der Waals surface area (Å²) in [4.78, 5) is 20.9. The van der Waals surface area contributed by atoms with Crippen molar-refractivity contribution in [3.8, 4) is 0 Å². The summed E-state index contributed by atoms with van der Waals surface area (Å²) in [5.41, 5.74) is 0.559. The highest BCUT2D eigenvalue weighted by Crippen LogP contribution is 2.22. The smallest absolute Gasteiger partial charge is 0.255 e. The molecule has 0 aliphatic carbocycles. The van der Waals surface area contributed by atoms with Gasteiger partial charge in [-0.05, 0) is 26.0 Å². The van der Waals surface area contributed by atoms with Crippen LogP contribution in [0.25, 0.3) is 0 Å². The monoisotopic (exact) mass is 334 g/mol. The molecule has 2 aromatic rings. The molecule has 122 valence electrons. The van der Waals surface area contributed by atoms with Crippen LogP contribution in [0.1, 0.15) is 35.0 Å². The minimum atomic E-state index is -0.0171. The number of benzene rings is 1. The maximum atomic E-state index is 12.6. The van der Waals surface area contributed by atoms with Gasteiger partial charge in [-0.25, -0.2) is 0 Å². The molecule has 6 nitrogen and oxygen atoms in total. The van der Waals surface area contributed by atoms with Crippen LogP contribution >= 0.6 is 11.6 Å². The second-order valence-electron chi connectivity index (χ2n) is 5.66. The lowest BCUT2D eigenvalue weighted by molar-refractivity contribution is 0.0552. The predicted molar refractivity (Wildman–Crippen MR) is 86.4 cm³/mol. The fourth-order valence-corrected chi connectivity index (χ4v) is 2.97. The van der Waals surface area contributed by atoms with E-state index in [1.807, 2.05) is 24.0 Å².